The van der Waals surface area contributed by atoms with Crippen LogP contribution in [0.2, 0.25) is 0 Å². The molecule has 27 heavy (non-hydrogen) atoms. The first-order valence-electron chi connectivity index (χ1n) is 9.69. The number of hydrogen-bond donors (Lipinski definition) is 1. The summed E-state index contributed by atoms with van der Waals surface area (Å²) in [5.41, 5.74) is 2.02. The van der Waals surface area contributed by atoms with Crippen molar-refractivity contribution in [3.8, 4) is 5.75 Å². The third-order valence-corrected chi connectivity index (χ3v) is 4.67. The van der Waals surface area contributed by atoms with Gasteiger partial charge in [0.05, 0.1) is 11.8 Å². The van der Waals surface area contributed by atoms with Gasteiger partial charge in [0.1, 0.15) is 5.75 Å². The van der Waals surface area contributed by atoms with Crippen molar-refractivity contribution >= 4 is 17.3 Å². The van der Waals surface area contributed by atoms with Gasteiger partial charge in [-0.25, -0.2) is 0 Å². The lowest BCUT2D eigenvalue weighted by Crippen LogP contribution is -2.47. The van der Waals surface area contributed by atoms with Crippen LogP contribution in [0.4, 0.5) is 11.4 Å². The van der Waals surface area contributed by atoms with Crippen molar-refractivity contribution in [3.63, 3.8) is 0 Å². The van der Waals surface area contributed by atoms with Crippen molar-refractivity contribution in [2.45, 2.75) is 26.4 Å². The fourth-order valence-electron chi connectivity index (χ4n) is 3.27. The van der Waals surface area contributed by atoms with Gasteiger partial charge in [0.2, 0.25) is 5.91 Å². The zero-order chi connectivity index (χ0) is 19.1. The molecule has 3 rings (SSSR count). The number of piperazine rings is 1. The number of benzene rings is 2. The van der Waals surface area contributed by atoms with E-state index in [0.717, 1.165) is 44.2 Å². The van der Waals surface area contributed by atoms with E-state index < -0.39 is 0 Å². The summed E-state index contributed by atoms with van der Waals surface area (Å²) >= 11 is 0. The molecule has 0 bridgehead atoms. The molecule has 2 aromatic carbocycles. The van der Waals surface area contributed by atoms with E-state index in [9.17, 15) is 4.79 Å². The van der Waals surface area contributed by atoms with Gasteiger partial charge < -0.3 is 15.0 Å². The SMILES string of the molecule is CC(C)Oc1ccccc1NC(=O)CCN1CCN(c2ccccc2)CC1. The van der Waals surface area contributed by atoms with Crippen molar-refractivity contribution in [2.75, 3.05) is 42.9 Å². The summed E-state index contributed by atoms with van der Waals surface area (Å²) in [6.07, 6.45) is 0.561. The second-order valence-electron chi connectivity index (χ2n) is 7.13. The Morgan fingerprint density at radius 3 is 2.37 bits per heavy atom. The van der Waals surface area contributed by atoms with Gasteiger partial charge in [0.25, 0.3) is 0 Å². The van der Waals surface area contributed by atoms with Crippen LogP contribution in [0.25, 0.3) is 0 Å². The topological polar surface area (TPSA) is 44.8 Å². The van der Waals surface area contributed by atoms with Crippen molar-refractivity contribution in [1.29, 1.82) is 0 Å². The first-order valence-corrected chi connectivity index (χ1v) is 9.69. The number of amides is 1. The number of hydrogen-bond acceptors (Lipinski definition) is 4. The molecule has 0 spiro atoms. The summed E-state index contributed by atoms with van der Waals surface area (Å²) in [5, 5.41) is 2.99. The Kier molecular flexibility index (Phi) is 6.71. The molecule has 5 nitrogen and oxygen atoms in total. The summed E-state index contributed by atoms with van der Waals surface area (Å²) in [6, 6.07) is 18.1. The maximum Gasteiger partial charge on any atom is 0.225 e. The molecule has 1 N–H and O–H groups in total. The molecule has 0 unspecified atom stereocenters. The highest BCUT2D eigenvalue weighted by Gasteiger charge is 2.18. The molecule has 5 heteroatoms. The fourth-order valence-corrected chi connectivity index (χ4v) is 3.27. The van der Waals surface area contributed by atoms with Gasteiger partial charge in [-0.15, -0.1) is 0 Å². The smallest absolute Gasteiger partial charge is 0.225 e. The van der Waals surface area contributed by atoms with Gasteiger partial charge in [-0.1, -0.05) is 30.3 Å². The maximum atomic E-state index is 12.4. The molecule has 1 fully saturated rings. The first kappa shape index (κ1) is 19.2. The molecule has 0 aromatic heterocycles. The minimum atomic E-state index is 0.0281. The minimum absolute atomic E-state index is 0.0281. The molecule has 1 aliphatic heterocycles. The van der Waals surface area contributed by atoms with Gasteiger partial charge in [-0.2, -0.15) is 0 Å². The van der Waals surface area contributed by atoms with Crippen molar-refractivity contribution in [1.82, 2.24) is 4.90 Å². The second kappa shape index (κ2) is 9.42. The number of ether oxygens (including phenoxy) is 1. The number of carbonyl (C=O) groups is 1. The molecule has 0 saturated carbocycles. The fraction of sp³-hybridized carbons (Fsp3) is 0.409. The number of carbonyl (C=O) groups excluding carboxylic acids is 1. The van der Waals surface area contributed by atoms with Crippen LogP contribution in [0.15, 0.2) is 54.6 Å². The predicted octanol–water partition coefficient (Wildman–Crippen LogP) is 3.62. The Labute approximate surface area is 161 Å². The van der Waals surface area contributed by atoms with Gasteiger partial charge in [0.15, 0.2) is 0 Å². The lowest BCUT2D eigenvalue weighted by molar-refractivity contribution is -0.116. The largest absolute Gasteiger partial charge is 0.489 e. The van der Waals surface area contributed by atoms with E-state index in [2.05, 4.69) is 39.4 Å². The van der Waals surface area contributed by atoms with Crippen LogP contribution in [0, 0.1) is 0 Å². The third kappa shape index (κ3) is 5.73. The summed E-state index contributed by atoms with van der Waals surface area (Å²) in [7, 11) is 0. The standard InChI is InChI=1S/C22H29N3O2/c1-18(2)27-21-11-7-6-10-20(21)23-22(26)12-13-24-14-16-25(17-15-24)19-8-4-3-5-9-19/h3-11,18H,12-17H2,1-2H3,(H,23,26). The van der Waals surface area contributed by atoms with Gasteiger partial charge in [-0.3, -0.25) is 9.69 Å². The average molecular weight is 367 g/mol. The van der Waals surface area contributed by atoms with Gasteiger partial charge in [0, 0.05) is 44.8 Å². The first-order chi connectivity index (χ1) is 13.1. The molecule has 144 valence electrons. The number of para-hydroxylation sites is 3. The van der Waals surface area contributed by atoms with Crippen molar-refractivity contribution in [2.24, 2.45) is 0 Å². The van der Waals surface area contributed by atoms with E-state index in [-0.39, 0.29) is 12.0 Å². The van der Waals surface area contributed by atoms with Crippen LogP contribution in [0.1, 0.15) is 20.3 Å². The van der Waals surface area contributed by atoms with Crippen molar-refractivity contribution in [3.05, 3.63) is 54.6 Å². The highest BCUT2D eigenvalue weighted by molar-refractivity contribution is 5.92. The maximum absolute atomic E-state index is 12.4. The summed E-state index contributed by atoms with van der Waals surface area (Å²) in [6.45, 7) is 8.70. The molecule has 2 aromatic rings. The highest BCUT2D eigenvalue weighted by Crippen LogP contribution is 2.25. The number of nitrogens with one attached hydrogen (secondary N) is 1. The lowest BCUT2D eigenvalue weighted by atomic mass is 10.2. The van der Waals surface area contributed by atoms with Crippen LogP contribution in [-0.4, -0.2) is 49.6 Å². The molecule has 1 amide bonds. The van der Waals surface area contributed by atoms with Crippen LogP contribution in [-0.2, 0) is 4.79 Å². The zero-order valence-electron chi connectivity index (χ0n) is 16.2. The second-order valence-corrected chi connectivity index (χ2v) is 7.13. The lowest BCUT2D eigenvalue weighted by Gasteiger charge is -2.36. The average Bonchev–Trinajstić information content (AvgIpc) is 2.69. The summed E-state index contributed by atoms with van der Waals surface area (Å²) in [5.74, 6) is 0.748. The molecule has 1 heterocycles. The third-order valence-electron chi connectivity index (χ3n) is 4.67. The molecule has 0 radical (unpaired) electrons. The molecule has 0 aliphatic carbocycles. The Balaban J connectivity index is 1.44. The van der Waals surface area contributed by atoms with E-state index in [0.29, 0.717) is 6.42 Å². The molecule has 1 aliphatic rings. The Bertz CT molecular complexity index is 725. The number of nitrogens with zero attached hydrogens (tertiary/aromatic N) is 2. The summed E-state index contributed by atoms with van der Waals surface area (Å²) in [4.78, 5) is 17.1. The minimum Gasteiger partial charge on any atom is -0.489 e. The van der Waals surface area contributed by atoms with Crippen LogP contribution in [0.3, 0.4) is 0 Å². The predicted molar refractivity (Wildman–Crippen MR) is 111 cm³/mol. The van der Waals surface area contributed by atoms with Gasteiger partial charge in [-0.05, 0) is 38.1 Å². The van der Waals surface area contributed by atoms with E-state index >= 15 is 0 Å². The van der Waals surface area contributed by atoms with Gasteiger partial charge >= 0.3 is 0 Å². The molecular weight excluding hydrogens is 338 g/mol. The van der Waals surface area contributed by atoms with E-state index in [4.69, 9.17) is 4.74 Å². The monoisotopic (exact) mass is 367 g/mol. The summed E-state index contributed by atoms with van der Waals surface area (Å²) < 4.78 is 5.76. The molecular formula is C22H29N3O2. The van der Waals surface area contributed by atoms with Crippen molar-refractivity contribution < 1.29 is 9.53 Å². The number of rotatable bonds is 7. The molecule has 0 atom stereocenters. The van der Waals surface area contributed by atoms with Crippen LogP contribution in [0.5, 0.6) is 5.75 Å². The quantitative estimate of drug-likeness (QED) is 0.812. The molecule has 1 saturated heterocycles. The Hall–Kier alpha value is -2.53. The van der Waals surface area contributed by atoms with Crippen LogP contribution >= 0.6 is 0 Å². The van der Waals surface area contributed by atoms with E-state index in [1.807, 2.05) is 44.2 Å². The van der Waals surface area contributed by atoms with E-state index in [1.54, 1.807) is 0 Å². The van der Waals surface area contributed by atoms with Crippen LogP contribution < -0.4 is 15.0 Å². The normalized spacial score (nSPS) is 15.0. The highest BCUT2D eigenvalue weighted by atomic mass is 16.5. The number of anilines is 2. The Morgan fingerprint density at radius 2 is 1.67 bits per heavy atom. The zero-order valence-corrected chi connectivity index (χ0v) is 16.2. The van der Waals surface area contributed by atoms with E-state index in [1.165, 1.54) is 5.69 Å². The Morgan fingerprint density at radius 1 is 1.00 bits per heavy atom.